The van der Waals surface area contributed by atoms with Crippen molar-refractivity contribution >= 4 is 23.5 Å². The first-order valence-electron chi connectivity index (χ1n) is 14.1. The van der Waals surface area contributed by atoms with Crippen molar-refractivity contribution in [3.05, 3.63) is 53.6 Å². The fourth-order valence-electron chi connectivity index (χ4n) is 6.30. The zero-order valence-corrected chi connectivity index (χ0v) is 23.0. The number of nitrogens with two attached hydrogens (primary N) is 1. The number of carboxylic acids is 1. The molecule has 10 nitrogen and oxygen atoms in total. The van der Waals surface area contributed by atoms with Gasteiger partial charge in [-0.1, -0.05) is 37.6 Å². The molecule has 3 atom stereocenters. The summed E-state index contributed by atoms with van der Waals surface area (Å²) < 4.78 is 11.0. The van der Waals surface area contributed by atoms with Crippen LogP contribution in [0.3, 0.4) is 0 Å². The number of unbranched alkanes of at least 4 members (excludes halogenated alkanes) is 1. The van der Waals surface area contributed by atoms with E-state index in [1.165, 1.54) is 0 Å². The van der Waals surface area contributed by atoms with Crippen molar-refractivity contribution in [3.8, 4) is 11.5 Å². The quantitative estimate of drug-likeness (QED) is 0.413. The predicted molar refractivity (Wildman–Crippen MR) is 149 cm³/mol. The Balaban J connectivity index is 1.42. The van der Waals surface area contributed by atoms with Crippen LogP contribution in [0.15, 0.2) is 42.5 Å². The Morgan fingerprint density at radius 2 is 1.93 bits per heavy atom. The van der Waals surface area contributed by atoms with Crippen LogP contribution >= 0.6 is 0 Å². The summed E-state index contributed by atoms with van der Waals surface area (Å²) >= 11 is 0. The number of ether oxygens (including phenoxy) is 2. The molecule has 0 aliphatic carbocycles. The maximum Gasteiger partial charge on any atom is 0.308 e. The second kappa shape index (κ2) is 12.3. The average molecular weight is 551 g/mol. The van der Waals surface area contributed by atoms with E-state index in [9.17, 15) is 19.5 Å². The molecule has 0 spiro atoms. The van der Waals surface area contributed by atoms with Gasteiger partial charge >= 0.3 is 5.97 Å². The van der Waals surface area contributed by atoms with E-state index in [0.29, 0.717) is 57.1 Å². The highest BCUT2D eigenvalue weighted by Gasteiger charge is 2.47. The van der Waals surface area contributed by atoms with Crippen molar-refractivity contribution in [1.82, 2.24) is 9.80 Å². The largest absolute Gasteiger partial charge is 0.481 e. The molecule has 40 heavy (non-hydrogen) atoms. The Morgan fingerprint density at radius 1 is 1.12 bits per heavy atom. The second-order valence-corrected chi connectivity index (χ2v) is 10.7. The fraction of sp³-hybridized carbons (Fsp3) is 0.500. The normalized spacial score (nSPS) is 21.6. The van der Waals surface area contributed by atoms with Crippen LogP contribution in [0.25, 0.3) is 0 Å². The van der Waals surface area contributed by atoms with Gasteiger partial charge in [0.25, 0.3) is 0 Å². The van der Waals surface area contributed by atoms with Crippen LogP contribution in [-0.2, 0) is 20.8 Å². The highest BCUT2D eigenvalue weighted by atomic mass is 16.7. The van der Waals surface area contributed by atoms with Gasteiger partial charge in [-0.25, -0.2) is 0 Å². The van der Waals surface area contributed by atoms with Gasteiger partial charge < -0.3 is 30.1 Å². The summed E-state index contributed by atoms with van der Waals surface area (Å²) in [6.45, 7) is 4.55. The second-order valence-electron chi connectivity index (χ2n) is 10.7. The average Bonchev–Trinajstić information content (AvgIpc) is 3.64. The number of para-hydroxylation sites is 1. The van der Waals surface area contributed by atoms with Crippen molar-refractivity contribution in [1.29, 1.82) is 0 Å². The Hall–Kier alpha value is -3.63. The Kier molecular flexibility index (Phi) is 8.56. The molecule has 10 heteroatoms. The summed E-state index contributed by atoms with van der Waals surface area (Å²) in [5.74, 6) is -0.848. The van der Waals surface area contributed by atoms with Crippen LogP contribution in [0.2, 0.25) is 0 Å². The number of anilines is 1. The van der Waals surface area contributed by atoms with Gasteiger partial charge in [0.05, 0.1) is 18.9 Å². The highest BCUT2D eigenvalue weighted by Crippen LogP contribution is 2.43. The van der Waals surface area contributed by atoms with Gasteiger partial charge in [0.15, 0.2) is 11.5 Å². The number of carbonyl (C=O) groups is 3. The minimum Gasteiger partial charge on any atom is -0.481 e. The van der Waals surface area contributed by atoms with Crippen LogP contribution in [0, 0.1) is 5.92 Å². The minimum absolute atomic E-state index is 0.00899. The molecule has 0 saturated carbocycles. The molecule has 1 saturated heterocycles. The zero-order valence-electron chi connectivity index (χ0n) is 23.0. The summed E-state index contributed by atoms with van der Waals surface area (Å²) in [6, 6.07) is 12.8. The van der Waals surface area contributed by atoms with E-state index >= 15 is 0 Å². The number of hydrogen-bond acceptors (Lipinski definition) is 7. The maximum atomic E-state index is 13.5. The first-order chi connectivity index (χ1) is 19.4. The van der Waals surface area contributed by atoms with Gasteiger partial charge in [-0.3, -0.25) is 19.3 Å². The van der Waals surface area contributed by atoms with Crippen molar-refractivity contribution in [3.63, 3.8) is 0 Å². The highest BCUT2D eigenvalue weighted by molar-refractivity contribution is 6.01. The van der Waals surface area contributed by atoms with Gasteiger partial charge in [-0.15, -0.1) is 0 Å². The zero-order chi connectivity index (χ0) is 28.2. The van der Waals surface area contributed by atoms with Crippen LogP contribution in [0.4, 0.5) is 5.69 Å². The number of nitrogens with zero attached hydrogens (tertiary/aromatic N) is 3. The number of benzene rings is 2. The Labute approximate surface area is 234 Å². The van der Waals surface area contributed by atoms with E-state index in [4.69, 9.17) is 15.2 Å². The lowest BCUT2D eigenvalue weighted by Crippen LogP contribution is -2.46. The third kappa shape index (κ3) is 5.64. The minimum atomic E-state index is -0.916. The van der Waals surface area contributed by atoms with Crippen molar-refractivity contribution < 1.29 is 29.0 Å². The molecular weight excluding hydrogens is 512 g/mol. The molecule has 3 aliphatic heterocycles. The molecule has 214 valence electrons. The topological polar surface area (TPSA) is 126 Å². The molecule has 0 unspecified atom stereocenters. The van der Waals surface area contributed by atoms with E-state index in [1.807, 2.05) is 47.4 Å². The predicted octanol–water partition coefficient (Wildman–Crippen LogP) is 2.45. The summed E-state index contributed by atoms with van der Waals surface area (Å²) in [6.07, 6.45) is 2.61. The van der Waals surface area contributed by atoms with Crippen molar-refractivity contribution in [2.24, 2.45) is 11.7 Å². The van der Waals surface area contributed by atoms with E-state index < -0.39 is 17.9 Å². The molecule has 3 aliphatic rings. The van der Waals surface area contributed by atoms with Crippen LogP contribution in [0.1, 0.15) is 43.2 Å². The lowest BCUT2D eigenvalue weighted by Gasteiger charge is -2.30. The number of amides is 2. The first kappa shape index (κ1) is 27.9. The van der Waals surface area contributed by atoms with E-state index in [1.54, 1.807) is 9.80 Å². The number of carbonyl (C=O) groups excluding carboxylic acids is 2. The Bertz CT molecular complexity index is 1250. The van der Waals surface area contributed by atoms with Crippen molar-refractivity contribution in [2.45, 2.75) is 44.6 Å². The third-order valence-corrected chi connectivity index (χ3v) is 8.30. The molecule has 3 N–H and O–H groups in total. The molecule has 2 amide bonds. The van der Waals surface area contributed by atoms with Gasteiger partial charge in [0.1, 0.15) is 0 Å². The van der Waals surface area contributed by atoms with Crippen LogP contribution < -0.4 is 20.1 Å². The molecule has 2 aromatic carbocycles. The van der Waals surface area contributed by atoms with E-state index in [0.717, 1.165) is 29.7 Å². The third-order valence-electron chi connectivity index (χ3n) is 8.30. The van der Waals surface area contributed by atoms with E-state index in [-0.39, 0.29) is 31.1 Å². The number of rotatable bonds is 12. The first-order valence-corrected chi connectivity index (χ1v) is 14.1. The number of aliphatic carboxylic acids is 1. The van der Waals surface area contributed by atoms with Gasteiger partial charge in [0, 0.05) is 50.4 Å². The lowest BCUT2D eigenvalue weighted by molar-refractivity contribution is -0.143. The standard InChI is InChI=1S/C30H38N4O6/c1-2-3-12-32(14-11-31)28(36)18-33-17-22(20-8-9-25-26(15-20)40-19-39-25)29(30(37)38)24(33)10-13-34-23-7-5-4-6-21(23)16-27(34)35/h4-9,15,22,24,29H,2-3,10-14,16-19,31H2,1H3,(H,37,38)/t22-,24+,29-/m1/s1. The van der Waals surface area contributed by atoms with Gasteiger partial charge in [-0.2, -0.15) is 0 Å². The van der Waals surface area contributed by atoms with Gasteiger partial charge in [0.2, 0.25) is 18.6 Å². The van der Waals surface area contributed by atoms with Gasteiger partial charge in [-0.05, 0) is 42.2 Å². The summed E-state index contributed by atoms with van der Waals surface area (Å²) in [4.78, 5) is 44.7. The smallest absolute Gasteiger partial charge is 0.308 e. The van der Waals surface area contributed by atoms with E-state index in [2.05, 4.69) is 6.92 Å². The number of hydrogen-bond donors (Lipinski definition) is 2. The number of carboxylic acid groups (broad SMARTS) is 1. The summed E-state index contributed by atoms with van der Waals surface area (Å²) in [7, 11) is 0. The molecule has 1 fully saturated rings. The summed E-state index contributed by atoms with van der Waals surface area (Å²) in [5.41, 5.74) is 8.50. The number of likely N-dealkylation sites (tertiary alicyclic amines) is 1. The lowest BCUT2D eigenvalue weighted by atomic mass is 9.84. The molecule has 2 aromatic rings. The molecular formula is C30H38N4O6. The molecule has 5 rings (SSSR count). The molecule has 0 bridgehead atoms. The summed E-state index contributed by atoms with van der Waals surface area (Å²) in [5, 5.41) is 10.5. The Morgan fingerprint density at radius 3 is 2.70 bits per heavy atom. The monoisotopic (exact) mass is 550 g/mol. The SMILES string of the molecule is CCCCN(CCN)C(=O)CN1C[C@H](c2ccc3c(c2)OCO3)[C@@H](C(=O)O)[C@@H]1CCN1C(=O)Cc2ccccc21. The number of fused-ring (bicyclic) bond motifs is 2. The van der Waals surface area contributed by atoms with Crippen LogP contribution in [0.5, 0.6) is 11.5 Å². The maximum absolute atomic E-state index is 13.5. The molecule has 0 aromatic heterocycles. The van der Waals surface area contributed by atoms with Crippen molar-refractivity contribution in [2.75, 3.05) is 51.0 Å². The van der Waals surface area contributed by atoms with Crippen LogP contribution in [-0.4, -0.2) is 84.8 Å². The molecule has 0 radical (unpaired) electrons. The molecule has 3 heterocycles. The fourth-order valence-corrected chi connectivity index (χ4v) is 6.30.